The Balaban J connectivity index is 1.84. The zero-order valence-corrected chi connectivity index (χ0v) is 13.4. The Morgan fingerprint density at radius 1 is 1.25 bits per heavy atom. The highest BCUT2D eigenvalue weighted by atomic mass is 32.2. The van der Waals surface area contributed by atoms with Crippen molar-refractivity contribution in [2.75, 3.05) is 24.3 Å². The van der Waals surface area contributed by atoms with Crippen LogP contribution >= 0.6 is 11.8 Å². The third-order valence-electron chi connectivity index (χ3n) is 3.77. The van der Waals surface area contributed by atoms with Crippen LogP contribution in [0.5, 0.6) is 0 Å². The zero-order valence-electron chi connectivity index (χ0n) is 11.8. The number of nitrogens with zero attached hydrogens (tertiary/aromatic N) is 1. The van der Waals surface area contributed by atoms with Gasteiger partial charge in [-0.2, -0.15) is 0 Å². The van der Waals surface area contributed by atoms with Crippen LogP contribution in [0.15, 0.2) is 29.2 Å². The first kappa shape index (κ1) is 15.7. The Labute approximate surface area is 125 Å². The van der Waals surface area contributed by atoms with E-state index in [1.807, 2.05) is 24.3 Å². The number of hydrogen-bond acceptors (Lipinski definition) is 4. The lowest BCUT2D eigenvalue weighted by Crippen LogP contribution is -2.37. The number of benzene rings is 1. The topological polar surface area (TPSA) is 63.4 Å². The molecule has 1 aliphatic rings. The lowest BCUT2D eigenvalue weighted by Gasteiger charge is -2.23. The summed E-state index contributed by atoms with van der Waals surface area (Å²) in [6, 6.07) is 7.73. The van der Waals surface area contributed by atoms with Crippen LogP contribution in [0.3, 0.4) is 0 Å². The van der Waals surface area contributed by atoms with E-state index in [0.29, 0.717) is 5.75 Å². The fourth-order valence-electron chi connectivity index (χ4n) is 2.47. The van der Waals surface area contributed by atoms with Crippen molar-refractivity contribution in [3.8, 4) is 0 Å². The molecule has 0 amide bonds. The molecule has 0 unspecified atom stereocenters. The van der Waals surface area contributed by atoms with Gasteiger partial charge >= 0.3 is 0 Å². The molecule has 0 aromatic heterocycles. The minimum absolute atomic E-state index is 0.190. The Morgan fingerprint density at radius 2 is 1.85 bits per heavy atom. The van der Waals surface area contributed by atoms with Gasteiger partial charge in [0.2, 0.25) is 10.0 Å². The van der Waals surface area contributed by atoms with Gasteiger partial charge in [0.1, 0.15) is 0 Å². The van der Waals surface area contributed by atoms with E-state index in [-0.39, 0.29) is 11.8 Å². The molecular formula is C14H22N2O2S2. The predicted octanol–water partition coefficient (Wildman–Crippen LogP) is 2.57. The average Bonchev–Trinajstić information content (AvgIpc) is 2.94. The molecule has 0 heterocycles. The lowest BCUT2D eigenvalue weighted by atomic mass is 10.3. The highest BCUT2D eigenvalue weighted by molar-refractivity contribution is 8.00. The normalized spacial score (nSPS) is 16.9. The van der Waals surface area contributed by atoms with Gasteiger partial charge in [-0.25, -0.2) is 12.7 Å². The van der Waals surface area contributed by atoms with E-state index >= 15 is 0 Å². The molecule has 0 atom stereocenters. The SMILES string of the molecule is CN(C1CCCC1)S(=O)(=O)CCSc1ccc(N)cc1. The highest BCUT2D eigenvalue weighted by Gasteiger charge is 2.28. The molecule has 1 aromatic rings. The van der Waals surface area contributed by atoms with E-state index in [9.17, 15) is 8.42 Å². The van der Waals surface area contributed by atoms with Crippen LogP contribution in [-0.4, -0.2) is 37.3 Å². The molecule has 0 saturated heterocycles. The number of nitrogen functional groups attached to an aromatic ring is 1. The molecular weight excluding hydrogens is 292 g/mol. The van der Waals surface area contributed by atoms with Crippen LogP contribution in [0.2, 0.25) is 0 Å². The maximum atomic E-state index is 12.3. The molecule has 0 aliphatic heterocycles. The van der Waals surface area contributed by atoms with Crippen molar-refractivity contribution >= 4 is 27.5 Å². The Kier molecular flexibility index (Phi) is 5.35. The fraction of sp³-hybridized carbons (Fsp3) is 0.571. The van der Waals surface area contributed by atoms with Crippen LogP contribution in [0.1, 0.15) is 25.7 Å². The van der Waals surface area contributed by atoms with Crippen molar-refractivity contribution in [1.29, 1.82) is 0 Å². The maximum absolute atomic E-state index is 12.3. The van der Waals surface area contributed by atoms with Crippen LogP contribution in [-0.2, 0) is 10.0 Å². The van der Waals surface area contributed by atoms with E-state index in [2.05, 4.69) is 0 Å². The second kappa shape index (κ2) is 6.83. The molecule has 1 aliphatic carbocycles. The molecule has 2 rings (SSSR count). The van der Waals surface area contributed by atoms with E-state index < -0.39 is 10.0 Å². The standard InChI is InChI=1S/C14H22N2O2S2/c1-16(13-4-2-3-5-13)20(17,18)11-10-19-14-8-6-12(15)7-9-14/h6-9,13H,2-5,10-11,15H2,1H3. The summed E-state index contributed by atoms with van der Waals surface area (Å²) in [5.74, 6) is 0.762. The Morgan fingerprint density at radius 3 is 2.45 bits per heavy atom. The molecule has 0 radical (unpaired) electrons. The third kappa shape index (κ3) is 4.14. The summed E-state index contributed by atoms with van der Waals surface area (Å²) in [7, 11) is -1.41. The zero-order chi connectivity index (χ0) is 14.6. The van der Waals surface area contributed by atoms with Crippen LogP contribution in [0.25, 0.3) is 0 Å². The molecule has 4 nitrogen and oxygen atoms in total. The molecule has 2 N–H and O–H groups in total. The second-order valence-electron chi connectivity index (χ2n) is 5.19. The summed E-state index contributed by atoms with van der Waals surface area (Å²) in [5, 5.41) is 0. The molecule has 0 spiro atoms. The summed E-state index contributed by atoms with van der Waals surface area (Å²) >= 11 is 1.55. The minimum atomic E-state index is -3.13. The second-order valence-corrected chi connectivity index (χ2v) is 8.50. The Hall–Kier alpha value is -0.720. The largest absolute Gasteiger partial charge is 0.399 e. The van der Waals surface area contributed by atoms with Crippen LogP contribution < -0.4 is 5.73 Å². The monoisotopic (exact) mass is 314 g/mol. The van der Waals surface area contributed by atoms with E-state index in [0.717, 1.165) is 36.3 Å². The smallest absolute Gasteiger partial charge is 0.214 e. The van der Waals surface area contributed by atoms with Gasteiger partial charge in [0.15, 0.2) is 0 Å². The molecule has 112 valence electrons. The van der Waals surface area contributed by atoms with E-state index in [1.54, 1.807) is 23.1 Å². The Bertz CT molecular complexity index is 523. The highest BCUT2D eigenvalue weighted by Crippen LogP contribution is 2.25. The number of sulfonamides is 1. The van der Waals surface area contributed by atoms with Gasteiger partial charge in [-0.1, -0.05) is 12.8 Å². The van der Waals surface area contributed by atoms with Gasteiger partial charge in [0.05, 0.1) is 5.75 Å². The van der Waals surface area contributed by atoms with Gasteiger partial charge in [-0.3, -0.25) is 0 Å². The average molecular weight is 314 g/mol. The summed E-state index contributed by atoms with van der Waals surface area (Å²) < 4.78 is 26.1. The van der Waals surface area contributed by atoms with Gasteiger partial charge in [-0.05, 0) is 37.1 Å². The summed E-state index contributed by atoms with van der Waals surface area (Å²) in [5.41, 5.74) is 6.35. The van der Waals surface area contributed by atoms with Crippen molar-refractivity contribution in [3.05, 3.63) is 24.3 Å². The molecule has 6 heteroatoms. The first-order valence-electron chi connectivity index (χ1n) is 6.93. The molecule has 0 bridgehead atoms. The molecule has 1 fully saturated rings. The first-order chi connectivity index (χ1) is 9.49. The number of anilines is 1. The fourth-order valence-corrected chi connectivity index (χ4v) is 5.16. The first-order valence-corrected chi connectivity index (χ1v) is 9.52. The van der Waals surface area contributed by atoms with Crippen molar-refractivity contribution < 1.29 is 8.42 Å². The van der Waals surface area contributed by atoms with Gasteiger partial charge < -0.3 is 5.73 Å². The summed E-state index contributed by atoms with van der Waals surface area (Å²) in [4.78, 5) is 1.05. The van der Waals surface area contributed by atoms with Crippen LogP contribution in [0.4, 0.5) is 5.69 Å². The molecule has 20 heavy (non-hydrogen) atoms. The van der Waals surface area contributed by atoms with E-state index in [1.165, 1.54) is 0 Å². The number of nitrogens with two attached hydrogens (primary N) is 1. The third-order valence-corrected chi connectivity index (χ3v) is 6.94. The summed E-state index contributed by atoms with van der Waals surface area (Å²) in [6.07, 6.45) is 4.29. The molecule has 1 saturated carbocycles. The molecule has 1 aromatic carbocycles. The van der Waals surface area contributed by atoms with Gasteiger partial charge in [-0.15, -0.1) is 11.8 Å². The summed E-state index contributed by atoms with van der Waals surface area (Å²) in [6.45, 7) is 0. The number of hydrogen-bond donors (Lipinski definition) is 1. The number of rotatable bonds is 6. The lowest BCUT2D eigenvalue weighted by molar-refractivity contribution is 0.374. The maximum Gasteiger partial charge on any atom is 0.214 e. The van der Waals surface area contributed by atoms with Gasteiger partial charge in [0, 0.05) is 29.4 Å². The van der Waals surface area contributed by atoms with Crippen molar-refractivity contribution in [2.45, 2.75) is 36.6 Å². The van der Waals surface area contributed by atoms with E-state index in [4.69, 9.17) is 5.73 Å². The quantitative estimate of drug-likeness (QED) is 0.647. The van der Waals surface area contributed by atoms with Gasteiger partial charge in [0.25, 0.3) is 0 Å². The minimum Gasteiger partial charge on any atom is -0.399 e. The predicted molar refractivity (Wildman–Crippen MR) is 85.4 cm³/mol. The van der Waals surface area contributed by atoms with Crippen LogP contribution in [0, 0.1) is 0 Å². The van der Waals surface area contributed by atoms with Crippen molar-refractivity contribution in [1.82, 2.24) is 4.31 Å². The number of thioether (sulfide) groups is 1. The van der Waals surface area contributed by atoms with Crippen molar-refractivity contribution in [2.24, 2.45) is 0 Å². The van der Waals surface area contributed by atoms with Crippen molar-refractivity contribution in [3.63, 3.8) is 0 Å².